The number of hydrogen-bond donors (Lipinski definition) is 1. The minimum atomic E-state index is -0.444. The first-order valence-electron chi connectivity index (χ1n) is 6.34. The molecule has 3 nitrogen and oxygen atoms in total. The molecular weight excluding hydrogens is 248 g/mol. The van der Waals surface area contributed by atoms with Crippen LogP contribution in [0.3, 0.4) is 0 Å². The van der Waals surface area contributed by atoms with E-state index in [2.05, 4.69) is 0 Å². The van der Waals surface area contributed by atoms with Gasteiger partial charge in [0.25, 0.3) is 0 Å². The maximum absolute atomic E-state index is 12.2. The first-order chi connectivity index (χ1) is 8.50. The van der Waals surface area contributed by atoms with Gasteiger partial charge in [0.15, 0.2) is 0 Å². The zero-order chi connectivity index (χ0) is 13.3. The lowest BCUT2D eigenvalue weighted by atomic mass is 10.1. The summed E-state index contributed by atoms with van der Waals surface area (Å²) in [6, 6.07) is 7.61. The summed E-state index contributed by atoms with van der Waals surface area (Å²) in [7, 11) is 0. The van der Waals surface area contributed by atoms with Gasteiger partial charge in [-0.05, 0) is 44.4 Å². The van der Waals surface area contributed by atoms with Crippen LogP contribution in [0, 0.1) is 0 Å². The smallest absolute Gasteiger partial charge is 0.239 e. The summed E-state index contributed by atoms with van der Waals surface area (Å²) in [6.07, 6.45) is 2.16. The van der Waals surface area contributed by atoms with E-state index in [0.29, 0.717) is 11.1 Å². The number of halogens is 1. The lowest BCUT2D eigenvalue weighted by Crippen LogP contribution is -2.44. The van der Waals surface area contributed by atoms with Gasteiger partial charge in [0.1, 0.15) is 0 Å². The Morgan fingerprint density at radius 3 is 2.33 bits per heavy atom. The van der Waals surface area contributed by atoms with Gasteiger partial charge >= 0.3 is 0 Å². The Balaban J connectivity index is 2.20. The van der Waals surface area contributed by atoms with Gasteiger partial charge in [-0.1, -0.05) is 23.7 Å². The fraction of sp³-hybridized carbons (Fsp3) is 0.500. The van der Waals surface area contributed by atoms with Crippen LogP contribution in [0.5, 0.6) is 0 Å². The molecule has 1 aliphatic carbocycles. The molecular formula is C14H19ClN2O. The van der Waals surface area contributed by atoms with E-state index in [0.717, 1.165) is 18.4 Å². The molecule has 2 atom stereocenters. The fourth-order valence-corrected chi connectivity index (χ4v) is 2.30. The maximum atomic E-state index is 12.2. The van der Waals surface area contributed by atoms with E-state index < -0.39 is 6.04 Å². The van der Waals surface area contributed by atoms with Crippen LogP contribution in [-0.4, -0.2) is 22.9 Å². The topological polar surface area (TPSA) is 46.3 Å². The van der Waals surface area contributed by atoms with Crippen LogP contribution in [-0.2, 0) is 4.79 Å². The molecule has 1 fully saturated rings. The molecule has 1 aromatic carbocycles. The van der Waals surface area contributed by atoms with Crippen molar-refractivity contribution in [2.75, 3.05) is 0 Å². The number of hydrogen-bond acceptors (Lipinski definition) is 2. The highest BCUT2D eigenvalue weighted by Crippen LogP contribution is 2.34. The molecule has 1 amide bonds. The summed E-state index contributed by atoms with van der Waals surface area (Å²) in [5.41, 5.74) is 6.83. The average Bonchev–Trinajstić information content (AvgIpc) is 3.14. The second-order valence-electron chi connectivity index (χ2n) is 4.99. The Kier molecular flexibility index (Phi) is 3.93. The van der Waals surface area contributed by atoms with E-state index in [-0.39, 0.29) is 11.9 Å². The van der Waals surface area contributed by atoms with Gasteiger partial charge in [-0.25, -0.2) is 0 Å². The molecule has 2 N–H and O–H groups in total. The molecule has 0 radical (unpaired) electrons. The maximum Gasteiger partial charge on any atom is 0.239 e. The van der Waals surface area contributed by atoms with Crippen molar-refractivity contribution in [3.8, 4) is 0 Å². The van der Waals surface area contributed by atoms with E-state index in [1.807, 2.05) is 36.1 Å². The minimum absolute atomic E-state index is 0.0277. The van der Waals surface area contributed by atoms with Crippen molar-refractivity contribution in [2.24, 2.45) is 5.73 Å². The Morgan fingerprint density at radius 1 is 1.33 bits per heavy atom. The SMILES string of the molecule is CC(c1ccc(Cl)cc1)N(C(=O)[C@H](C)N)C1CC1. The zero-order valence-electron chi connectivity index (χ0n) is 10.8. The van der Waals surface area contributed by atoms with Gasteiger partial charge in [0.05, 0.1) is 12.1 Å². The van der Waals surface area contributed by atoms with E-state index in [4.69, 9.17) is 17.3 Å². The second kappa shape index (κ2) is 5.29. The monoisotopic (exact) mass is 266 g/mol. The number of benzene rings is 1. The van der Waals surface area contributed by atoms with E-state index >= 15 is 0 Å². The number of carbonyl (C=O) groups is 1. The van der Waals surface area contributed by atoms with Crippen LogP contribution in [0.15, 0.2) is 24.3 Å². The molecule has 1 unspecified atom stereocenters. The van der Waals surface area contributed by atoms with Crippen molar-refractivity contribution in [1.82, 2.24) is 4.90 Å². The first-order valence-corrected chi connectivity index (χ1v) is 6.71. The van der Waals surface area contributed by atoms with Crippen LogP contribution < -0.4 is 5.73 Å². The van der Waals surface area contributed by atoms with Gasteiger partial charge in [0.2, 0.25) is 5.91 Å². The largest absolute Gasteiger partial charge is 0.332 e. The molecule has 98 valence electrons. The van der Waals surface area contributed by atoms with Gasteiger partial charge in [0, 0.05) is 11.1 Å². The Bertz CT molecular complexity index is 426. The third kappa shape index (κ3) is 2.85. The molecule has 0 saturated heterocycles. The van der Waals surface area contributed by atoms with E-state index in [1.54, 1.807) is 6.92 Å². The van der Waals surface area contributed by atoms with Crippen LogP contribution in [0.1, 0.15) is 38.3 Å². The number of rotatable bonds is 4. The summed E-state index contributed by atoms with van der Waals surface area (Å²) >= 11 is 5.88. The van der Waals surface area contributed by atoms with Crippen LogP contribution in [0.25, 0.3) is 0 Å². The van der Waals surface area contributed by atoms with Gasteiger partial charge < -0.3 is 10.6 Å². The molecule has 0 heterocycles. The van der Waals surface area contributed by atoms with Crippen molar-refractivity contribution >= 4 is 17.5 Å². The molecule has 0 spiro atoms. The minimum Gasteiger partial charge on any atom is -0.332 e. The molecule has 1 aromatic rings. The van der Waals surface area contributed by atoms with Gasteiger partial charge in [-0.2, -0.15) is 0 Å². The lowest BCUT2D eigenvalue weighted by Gasteiger charge is -2.31. The highest BCUT2D eigenvalue weighted by molar-refractivity contribution is 6.30. The quantitative estimate of drug-likeness (QED) is 0.911. The van der Waals surface area contributed by atoms with E-state index in [9.17, 15) is 4.79 Å². The first kappa shape index (κ1) is 13.4. The van der Waals surface area contributed by atoms with Crippen LogP contribution in [0.4, 0.5) is 0 Å². The second-order valence-corrected chi connectivity index (χ2v) is 5.43. The van der Waals surface area contributed by atoms with Crippen molar-refractivity contribution in [3.05, 3.63) is 34.9 Å². The molecule has 1 aliphatic rings. The summed E-state index contributed by atoms with van der Waals surface area (Å²) in [4.78, 5) is 14.1. The molecule has 1 saturated carbocycles. The Labute approximate surface area is 113 Å². The Hall–Kier alpha value is -1.06. The standard InChI is InChI=1S/C14H19ClN2O/c1-9(16)14(18)17(13-7-8-13)10(2)11-3-5-12(15)6-4-11/h3-6,9-10,13H,7-8,16H2,1-2H3/t9-,10?/m0/s1. The van der Waals surface area contributed by atoms with Crippen molar-refractivity contribution in [1.29, 1.82) is 0 Å². The highest BCUT2D eigenvalue weighted by Gasteiger charge is 2.37. The van der Waals surface area contributed by atoms with E-state index in [1.165, 1.54) is 0 Å². The summed E-state index contributed by atoms with van der Waals surface area (Å²) in [6.45, 7) is 3.79. The third-order valence-electron chi connectivity index (χ3n) is 3.35. The van der Waals surface area contributed by atoms with Crippen molar-refractivity contribution in [3.63, 3.8) is 0 Å². The third-order valence-corrected chi connectivity index (χ3v) is 3.61. The molecule has 2 rings (SSSR count). The number of carbonyl (C=O) groups excluding carboxylic acids is 1. The normalized spacial score (nSPS) is 18.2. The fourth-order valence-electron chi connectivity index (χ4n) is 2.18. The molecule has 18 heavy (non-hydrogen) atoms. The molecule has 0 bridgehead atoms. The molecule has 0 aliphatic heterocycles. The number of amides is 1. The average molecular weight is 267 g/mol. The number of nitrogens with zero attached hydrogens (tertiary/aromatic N) is 1. The number of nitrogens with two attached hydrogens (primary N) is 1. The van der Waals surface area contributed by atoms with Gasteiger partial charge in [-0.3, -0.25) is 4.79 Å². The lowest BCUT2D eigenvalue weighted by molar-refractivity contribution is -0.135. The highest BCUT2D eigenvalue weighted by atomic mass is 35.5. The predicted molar refractivity (Wildman–Crippen MR) is 73.4 cm³/mol. The van der Waals surface area contributed by atoms with Crippen molar-refractivity contribution in [2.45, 2.75) is 44.8 Å². The summed E-state index contributed by atoms with van der Waals surface area (Å²) in [5, 5.41) is 0.711. The summed E-state index contributed by atoms with van der Waals surface area (Å²) in [5.74, 6) is 0.0277. The van der Waals surface area contributed by atoms with Crippen LogP contribution >= 0.6 is 11.6 Å². The van der Waals surface area contributed by atoms with Crippen molar-refractivity contribution < 1.29 is 4.79 Å². The predicted octanol–water partition coefficient (Wildman–Crippen LogP) is 2.74. The van der Waals surface area contributed by atoms with Gasteiger partial charge in [-0.15, -0.1) is 0 Å². The van der Waals surface area contributed by atoms with Crippen LogP contribution in [0.2, 0.25) is 5.02 Å². The zero-order valence-corrected chi connectivity index (χ0v) is 11.5. The summed E-state index contributed by atoms with van der Waals surface area (Å²) < 4.78 is 0. The Morgan fingerprint density at radius 2 is 1.89 bits per heavy atom. The molecule has 0 aromatic heterocycles. The molecule has 4 heteroatoms.